The normalized spacial score (nSPS) is 27.2. The van der Waals surface area contributed by atoms with Crippen LogP contribution in [0.1, 0.15) is 22.3 Å². The van der Waals surface area contributed by atoms with Crippen LogP contribution in [0.25, 0.3) is 0 Å². The summed E-state index contributed by atoms with van der Waals surface area (Å²) in [5.74, 6) is -0.466. The third kappa shape index (κ3) is 3.07. The molecule has 1 unspecified atom stereocenters. The fraction of sp³-hybridized carbons (Fsp3) is 0.462. The quantitative estimate of drug-likeness (QED) is 0.771. The molecule has 0 saturated carbocycles. The lowest BCUT2D eigenvalue weighted by molar-refractivity contribution is -0.109. The number of ether oxygens (including phenoxy) is 2. The Bertz CT molecular complexity index is 414. The number of aryl methyl sites for hydroxylation is 1. The van der Waals surface area contributed by atoms with Crippen LogP contribution in [0.3, 0.4) is 0 Å². The molecule has 2 N–H and O–H groups in total. The van der Waals surface area contributed by atoms with Crippen LogP contribution in [-0.4, -0.2) is 41.3 Å². The lowest BCUT2D eigenvalue weighted by atomic mass is 10.1. The van der Waals surface area contributed by atoms with Gasteiger partial charge in [0.25, 0.3) is 0 Å². The zero-order chi connectivity index (χ0) is 13.1. The minimum absolute atomic E-state index is 0.0645. The number of hydrogen-bond donors (Lipinski definition) is 2. The molecule has 1 saturated heterocycles. The molecule has 98 valence electrons. The van der Waals surface area contributed by atoms with Gasteiger partial charge < -0.3 is 19.7 Å². The summed E-state index contributed by atoms with van der Waals surface area (Å²) in [4.78, 5) is 11.7. The Hall–Kier alpha value is -1.43. The summed E-state index contributed by atoms with van der Waals surface area (Å²) in [5, 5.41) is 18.7. The third-order valence-corrected chi connectivity index (χ3v) is 2.87. The molecular formula is C13H16O5. The van der Waals surface area contributed by atoms with Crippen LogP contribution in [0, 0.1) is 6.92 Å². The van der Waals surface area contributed by atoms with E-state index in [1.807, 2.05) is 19.1 Å². The Kier molecular flexibility index (Phi) is 3.96. The number of benzene rings is 1. The van der Waals surface area contributed by atoms with Gasteiger partial charge in [0.1, 0.15) is 12.7 Å². The molecule has 1 heterocycles. The molecule has 1 aliphatic heterocycles. The maximum absolute atomic E-state index is 11.7. The first kappa shape index (κ1) is 13.0. The second-order valence-electron chi connectivity index (χ2n) is 4.40. The van der Waals surface area contributed by atoms with E-state index < -0.39 is 24.5 Å². The van der Waals surface area contributed by atoms with Gasteiger partial charge in [-0.25, -0.2) is 4.79 Å². The number of aliphatic hydroxyl groups is 2. The molecular weight excluding hydrogens is 236 g/mol. The highest BCUT2D eigenvalue weighted by Gasteiger charge is 2.33. The summed E-state index contributed by atoms with van der Waals surface area (Å²) < 4.78 is 10.0. The van der Waals surface area contributed by atoms with Crippen LogP contribution >= 0.6 is 0 Å². The van der Waals surface area contributed by atoms with E-state index in [-0.39, 0.29) is 13.0 Å². The lowest BCUT2D eigenvalue weighted by Gasteiger charge is -2.13. The van der Waals surface area contributed by atoms with E-state index in [0.717, 1.165) is 5.56 Å². The van der Waals surface area contributed by atoms with E-state index in [9.17, 15) is 9.90 Å². The summed E-state index contributed by atoms with van der Waals surface area (Å²) in [7, 11) is 0. The highest BCUT2D eigenvalue weighted by molar-refractivity contribution is 5.89. The zero-order valence-corrected chi connectivity index (χ0v) is 10.1. The van der Waals surface area contributed by atoms with E-state index >= 15 is 0 Å². The van der Waals surface area contributed by atoms with Gasteiger partial charge in [-0.1, -0.05) is 17.7 Å². The Morgan fingerprint density at radius 1 is 1.39 bits per heavy atom. The molecule has 0 bridgehead atoms. The van der Waals surface area contributed by atoms with Crippen molar-refractivity contribution >= 4 is 5.97 Å². The van der Waals surface area contributed by atoms with Gasteiger partial charge >= 0.3 is 5.97 Å². The van der Waals surface area contributed by atoms with Gasteiger partial charge in [-0.3, -0.25) is 0 Å². The Morgan fingerprint density at radius 3 is 2.61 bits per heavy atom. The second kappa shape index (κ2) is 5.48. The standard InChI is InChI=1S/C13H16O5/c1-8-2-4-9(5-3-8)13(16)17-7-11-10(14)6-12(15)18-11/h2-5,10-12,14-15H,6-7H2,1H3/t10-,11-,12?/m1/s1. The molecule has 3 atom stereocenters. The van der Waals surface area contributed by atoms with Crippen LogP contribution in [0.15, 0.2) is 24.3 Å². The van der Waals surface area contributed by atoms with Gasteiger partial charge in [0, 0.05) is 6.42 Å². The number of carbonyl (C=O) groups is 1. The van der Waals surface area contributed by atoms with Crippen molar-refractivity contribution in [1.82, 2.24) is 0 Å². The molecule has 18 heavy (non-hydrogen) atoms. The Balaban J connectivity index is 1.87. The predicted octanol–water partition coefficient (Wildman–Crippen LogP) is 0.620. The first-order chi connectivity index (χ1) is 8.56. The van der Waals surface area contributed by atoms with Gasteiger partial charge in [0.2, 0.25) is 0 Å². The molecule has 0 aliphatic carbocycles. The molecule has 0 amide bonds. The molecule has 1 aromatic carbocycles. The molecule has 0 spiro atoms. The highest BCUT2D eigenvalue weighted by Crippen LogP contribution is 2.19. The number of aliphatic hydroxyl groups excluding tert-OH is 2. The van der Waals surface area contributed by atoms with E-state index in [2.05, 4.69) is 0 Å². The number of hydrogen-bond acceptors (Lipinski definition) is 5. The minimum atomic E-state index is -0.983. The van der Waals surface area contributed by atoms with Crippen molar-refractivity contribution in [1.29, 1.82) is 0 Å². The molecule has 0 aromatic heterocycles. The van der Waals surface area contributed by atoms with Crippen molar-refractivity contribution in [2.45, 2.75) is 31.8 Å². The zero-order valence-electron chi connectivity index (χ0n) is 10.1. The fourth-order valence-electron chi connectivity index (χ4n) is 1.79. The van der Waals surface area contributed by atoms with Gasteiger partial charge in [-0.05, 0) is 19.1 Å². The van der Waals surface area contributed by atoms with E-state index in [0.29, 0.717) is 5.56 Å². The minimum Gasteiger partial charge on any atom is -0.459 e. The van der Waals surface area contributed by atoms with Gasteiger partial charge in [0.05, 0.1) is 11.7 Å². The molecule has 5 nitrogen and oxygen atoms in total. The first-order valence-electron chi connectivity index (χ1n) is 5.81. The first-order valence-corrected chi connectivity index (χ1v) is 5.81. The summed E-state index contributed by atoms with van der Waals surface area (Å²) in [5.41, 5.74) is 1.51. The maximum atomic E-state index is 11.7. The third-order valence-electron chi connectivity index (χ3n) is 2.87. The summed E-state index contributed by atoms with van der Waals surface area (Å²) >= 11 is 0. The molecule has 5 heteroatoms. The molecule has 1 aliphatic rings. The monoisotopic (exact) mass is 252 g/mol. The summed E-state index contributed by atoms with van der Waals surface area (Å²) in [6, 6.07) is 7.00. The molecule has 2 rings (SSSR count). The Labute approximate surface area is 105 Å². The van der Waals surface area contributed by atoms with Crippen LogP contribution in [-0.2, 0) is 9.47 Å². The van der Waals surface area contributed by atoms with Gasteiger partial charge in [0.15, 0.2) is 6.29 Å². The average molecular weight is 252 g/mol. The van der Waals surface area contributed by atoms with Crippen molar-refractivity contribution in [2.24, 2.45) is 0 Å². The van der Waals surface area contributed by atoms with Crippen LogP contribution in [0.5, 0.6) is 0 Å². The van der Waals surface area contributed by atoms with Crippen LogP contribution < -0.4 is 0 Å². The highest BCUT2D eigenvalue weighted by atomic mass is 16.6. The predicted molar refractivity (Wildman–Crippen MR) is 63.0 cm³/mol. The maximum Gasteiger partial charge on any atom is 0.338 e. The van der Waals surface area contributed by atoms with Crippen molar-refractivity contribution in [3.05, 3.63) is 35.4 Å². The van der Waals surface area contributed by atoms with Crippen LogP contribution in [0.2, 0.25) is 0 Å². The molecule has 0 radical (unpaired) electrons. The fourth-order valence-corrected chi connectivity index (χ4v) is 1.79. The topological polar surface area (TPSA) is 76.0 Å². The van der Waals surface area contributed by atoms with Crippen molar-refractivity contribution in [3.63, 3.8) is 0 Å². The number of carbonyl (C=O) groups excluding carboxylic acids is 1. The lowest BCUT2D eigenvalue weighted by Crippen LogP contribution is -2.28. The SMILES string of the molecule is Cc1ccc(C(=O)OC[C@H]2OC(O)C[C@H]2O)cc1. The smallest absolute Gasteiger partial charge is 0.338 e. The largest absolute Gasteiger partial charge is 0.459 e. The van der Waals surface area contributed by atoms with Crippen molar-refractivity contribution in [2.75, 3.05) is 6.61 Å². The van der Waals surface area contributed by atoms with Gasteiger partial charge in [-0.2, -0.15) is 0 Å². The van der Waals surface area contributed by atoms with Crippen LogP contribution in [0.4, 0.5) is 0 Å². The van der Waals surface area contributed by atoms with Gasteiger partial charge in [-0.15, -0.1) is 0 Å². The van der Waals surface area contributed by atoms with Crippen molar-refractivity contribution < 1.29 is 24.5 Å². The molecule has 1 fully saturated rings. The van der Waals surface area contributed by atoms with Crippen molar-refractivity contribution in [3.8, 4) is 0 Å². The molecule has 1 aromatic rings. The van der Waals surface area contributed by atoms with E-state index in [1.54, 1.807) is 12.1 Å². The van der Waals surface area contributed by atoms with E-state index in [4.69, 9.17) is 14.6 Å². The summed E-state index contributed by atoms with van der Waals surface area (Å²) in [6.45, 7) is 1.87. The average Bonchev–Trinajstić information content (AvgIpc) is 2.66. The number of rotatable bonds is 3. The summed E-state index contributed by atoms with van der Waals surface area (Å²) in [6.07, 6.45) is -2.30. The Morgan fingerprint density at radius 2 is 2.06 bits per heavy atom. The van der Waals surface area contributed by atoms with E-state index in [1.165, 1.54) is 0 Å². The number of esters is 1. The second-order valence-corrected chi connectivity index (χ2v) is 4.40.